The fraction of sp³-hybridized carbons (Fsp3) is 0.591. The van der Waals surface area contributed by atoms with E-state index in [4.69, 9.17) is 4.84 Å². The number of carbonyl (C=O) groups is 1. The third-order valence-corrected chi connectivity index (χ3v) is 6.52. The highest BCUT2D eigenvalue weighted by atomic mass is 16.7. The van der Waals surface area contributed by atoms with Gasteiger partial charge in [-0.3, -0.25) is 19.4 Å². The maximum absolute atomic E-state index is 13.1. The number of aromatic nitrogens is 2. The lowest BCUT2D eigenvalue weighted by molar-refractivity contribution is -0.131. The smallest absolute Gasteiger partial charge is 0.254 e. The van der Waals surface area contributed by atoms with Crippen molar-refractivity contribution in [3.63, 3.8) is 0 Å². The number of rotatable bonds is 3. The summed E-state index contributed by atoms with van der Waals surface area (Å²) in [6, 6.07) is 4.16. The standard InChI is InChI=1S/C22H30N4O3/c1-12-5-6-15(21(27)24-20-8-14(3)25-29-20)9-17(12)18-10-16-11-23-13(2)7-19(16)26(4)22(18)28/h7,10-12,14-15,17,20,25H,5-6,8-9H2,1-4H3,(H,24,27). The first kappa shape index (κ1) is 20.0. The summed E-state index contributed by atoms with van der Waals surface area (Å²) in [6.45, 7) is 6.13. The Balaban J connectivity index is 1.59. The summed E-state index contributed by atoms with van der Waals surface area (Å²) in [7, 11) is 1.82. The van der Waals surface area contributed by atoms with E-state index >= 15 is 0 Å². The summed E-state index contributed by atoms with van der Waals surface area (Å²) in [5.74, 6) is 0.336. The zero-order valence-electron chi connectivity index (χ0n) is 17.6. The second-order valence-corrected chi connectivity index (χ2v) is 8.81. The minimum Gasteiger partial charge on any atom is -0.329 e. The molecule has 2 aromatic rings. The summed E-state index contributed by atoms with van der Waals surface area (Å²) in [6.07, 6.45) is 4.76. The van der Waals surface area contributed by atoms with Gasteiger partial charge >= 0.3 is 0 Å². The fourth-order valence-electron chi connectivity index (χ4n) is 4.73. The largest absolute Gasteiger partial charge is 0.329 e. The number of fused-ring (bicyclic) bond motifs is 1. The Bertz CT molecular complexity index is 986. The van der Waals surface area contributed by atoms with E-state index in [9.17, 15) is 9.59 Å². The molecule has 3 heterocycles. The summed E-state index contributed by atoms with van der Waals surface area (Å²) in [5, 5.41) is 3.97. The average molecular weight is 399 g/mol. The van der Waals surface area contributed by atoms with Crippen molar-refractivity contribution >= 4 is 16.8 Å². The van der Waals surface area contributed by atoms with E-state index in [0.29, 0.717) is 12.3 Å². The number of hydroxylamine groups is 1. The van der Waals surface area contributed by atoms with Crippen molar-refractivity contribution in [3.8, 4) is 0 Å². The zero-order valence-corrected chi connectivity index (χ0v) is 17.6. The van der Waals surface area contributed by atoms with E-state index in [2.05, 4.69) is 22.7 Å². The van der Waals surface area contributed by atoms with Crippen LogP contribution in [0.3, 0.4) is 0 Å². The Morgan fingerprint density at radius 2 is 2.07 bits per heavy atom. The first-order chi connectivity index (χ1) is 13.8. The van der Waals surface area contributed by atoms with Gasteiger partial charge in [-0.1, -0.05) is 6.92 Å². The van der Waals surface area contributed by atoms with E-state index in [1.165, 1.54) is 0 Å². The molecule has 29 heavy (non-hydrogen) atoms. The molecule has 2 aliphatic rings. The minimum atomic E-state index is -0.279. The van der Waals surface area contributed by atoms with Crippen LogP contribution in [0.5, 0.6) is 0 Å². The lowest BCUT2D eigenvalue weighted by Crippen LogP contribution is -2.41. The minimum absolute atomic E-state index is 0.0257. The molecular formula is C22H30N4O3. The van der Waals surface area contributed by atoms with Gasteiger partial charge in [-0.2, -0.15) is 5.48 Å². The van der Waals surface area contributed by atoms with Gasteiger partial charge < -0.3 is 9.88 Å². The molecule has 7 nitrogen and oxygen atoms in total. The molecule has 1 saturated heterocycles. The Morgan fingerprint density at radius 3 is 2.79 bits per heavy atom. The average Bonchev–Trinajstić information content (AvgIpc) is 3.10. The number of nitrogens with one attached hydrogen (secondary N) is 2. The summed E-state index contributed by atoms with van der Waals surface area (Å²) < 4.78 is 1.72. The Labute approximate surface area is 170 Å². The van der Waals surface area contributed by atoms with Crippen LogP contribution in [-0.2, 0) is 16.7 Å². The lowest BCUT2D eigenvalue weighted by atomic mass is 9.71. The van der Waals surface area contributed by atoms with Crippen LogP contribution in [0.2, 0.25) is 0 Å². The van der Waals surface area contributed by atoms with Gasteiger partial charge in [0.2, 0.25) is 5.91 Å². The molecule has 1 aliphatic carbocycles. The van der Waals surface area contributed by atoms with Crippen LogP contribution in [0.25, 0.3) is 10.9 Å². The van der Waals surface area contributed by atoms with Crippen LogP contribution in [0.15, 0.2) is 23.1 Å². The van der Waals surface area contributed by atoms with Gasteiger partial charge in [0.1, 0.15) is 0 Å². The maximum Gasteiger partial charge on any atom is 0.254 e. The zero-order chi connectivity index (χ0) is 20.7. The number of aryl methyl sites for hydroxylation is 2. The van der Waals surface area contributed by atoms with Crippen molar-refractivity contribution in [2.45, 2.75) is 64.6 Å². The van der Waals surface area contributed by atoms with Crippen molar-refractivity contribution in [1.82, 2.24) is 20.3 Å². The third-order valence-electron chi connectivity index (χ3n) is 6.52. The van der Waals surface area contributed by atoms with Crippen molar-refractivity contribution in [1.29, 1.82) is 0 Å². The van der Waals surface area contributed by atoms with Gasteiger partial charge in [0, 0.05) is 48.3 Å². The van der Waals surface area contributed by atoms with Gasteiger partial charge in [0.25, 0.3) is 5.56 Å². The Hall–Kier alpha value is -2.25. The molecule has 5 unspecified atom stereocenters. The highest BCUT2D eigenvalue weighted by Crippen LogP contribution is 2.40. The number of hydrogen-bond acceptors (Lipinski definition) is 5. The van der Waals surface area contributed by atoms with Crippen LogP contribution < -0.4 is 16.4 Å². The number of pyridine rings is 2. The molecule has 0 spiro atoms. The van der Waals surface area contributed by atoms with Crippen LogP contribution in [0.1, 0.15) is 56.7 Å². The predicted octanol–water partition coefficient (Wildman–Crippen LogP) is 2.52. The molecule has 4 rings (SSSR count). The molecule has 2 N–H and O–H groups in total. The number of amides is 1. The maximum atomic E-state index is 13.1. The first-order valence-electron chi connectivity index (χ1n) is 10.5. The molecule has 1 aliphatic heterocycles. The molecule has 0 bridgehead atoms. The molecule has 1 amide bonds. The van der Waals surface area contributed by atoms with Gasteiger partial charge in [-0.15, -0.1) is 0 Å². The second-order valence-electron chi connectivity index (χ2n) is 8.81. The Kier molecular flexibility index (Phi) is 5.44. The fourth-order valence-corrected chi connectivity index (χ4v) is 4.73. The monoisotopic (exact) mass is 398 g/mol. The van der Waals surface area contributed by atoms with Gasteiger partial charge in [0.05, 0.1) is 5.52 Å². The van der Waals surface area contributed by atoms with Crippen molar-refractivity contribution < 1.29 is 9.63 Å². The van der Waals surface area contributed by atoms with Crippen LogP contribution in [-0.4, -0.2) is 27.7 Å². The predicted molar refractivity (Wildman–Crippen MR) is 111 cm³/mol. The quantitative estimate of drug-likeness (QED) is 0.830. The molecule has 0 aromatic carbocycles. The first-order valence-corrected chi connectivity index (χ1v) is 10.5. The van der Waals surface area contributed by atoms with E-state index in [1.54, 1.807) is 4.57 Å². The molecule has 0 radical (unpaired) electrons. The van der Waals surface area contributed by atoms with Crippen molar-refractivity contribution in [3.05, 3.63) is 39.9 Å². The van der Waals surface area contributed by atoms with Crippen molar-refractivity contribution in [2.24, 2.45) is 18.9 Å². The van der Waals surface area contributed by atoms with Gasteiger partial charge in [-0.05, 0) is 57.1 Å². The highest BCUT2D eigenvalue weighted by Gasteiger charge is 2.35. The van der Waals surface area contributed by atoms with E-state index < -0.39 is 0 Å². The number of carbonyl (C=O) groups excluding carboxylic acids is 1. The lowest BCUT2D eigenvalue weighted by Gasteiger charge is -2.34. The van der Waals surface area contributed by atoms with Gasteiger partial charge in [-0.25, -0.2) is 0 Å². The molecule has 5 atom stereocenters. The van der Waals surface area contributed by atoms with Crippen LogP contribution in [0, 0.1) is 18.8 Å². The van der Waals surface area contributed by atoms with Crippen LogP contribution in [0.4, 0.5) is 0 Å². The summed E-state index contributed by atoms with van der Waals surface area (Å²) in [4.78, 5) is 35.8. The topological polar surface area (TPSA) is 85.2 Å². The number of nitrogens with zero attached hydrogens (tertiary/aromatic N) is 2. The van der Waals surface area contributed by atoms with E-state index in [0.717, 1.165) is 41.4 Å². The van der Waals surface area contributed by atoms with Crippen molar-refractivity contribution in [2.75, 3.05) is 0 Å². The molecule has 1 saturated carbocycles. The molecule has 7 heteroatoms. The van der Waals surface area contributed by atoms with E-state index in [1.807, 2.05) is 39.2 Å². The number of hydrogen-bond donors (Lipinski definition) is 2. The molecule has 2 aromatic heterocycles. The normalized spacial score (nSPS) is 29.9. The van der Waals surface area contributed by atoms with Gasteiger partial charge in [0.15, 0.2) is 6.23 Å². The summed E-state index contributed by atoms with van der Waals surface area (Å²) in [5.41, 5.74) is 5.49. The molecular weight excluding hydrogens is 368 g/mol. The second kappa shape index (κ2) is 7.88. The molecule has 156 valence electrons. The SMILES string of the molecule is Cc1cc2c(cn1)cc(C1CC(C(=O)NC3CC(C)NO3)CCC1C)c(=O)n2C. The highest BCUT2D eigenvalue weighted by molar-refractivity contribution is 5.80. The van der Waals surface area contributed by atoms with E-state index in [-0.39, 0.29) is 35.6 Å². The summed E-state index contributed by atoms with van der Waals surface area (Å²) >= 11 is 0. The third kappa shape index (κ3) is 3.94. The Morgan fingerprint density at radius 1 is 1.28 bits per heavy atom. The molecule has 2 fully saturated rings. The van der Waals surface area contributed by atoms with Crippen LogP contribution >= 0.6 is 0 Å².